The van der Waals surface area contributed by atoms with E-state index in [1.54, 1.807) is 6.07 Å². The molecule has 0 aliphatic carbocycles. The molecule has 0 unspecified atom stereocenters. The van der Waals surface area contributed by atoms with Crippen molar-refractivity contribution in [1.82, 2.24) is 10.3 Å². The van der Waals surface area contributed by atoms with Gasteiger partial charge in [0.2, 0.25) is 0 Å². The van der Waals surface area contributed by atoms with E-state index in [1.165, 1.54) is 0 Å². The number of hydrogen-bond acceptors (Lipinski definition) is 2. The van der Waals surface area contributed by atoms with Gasteiger partial charge >= 0.3 is 0 Å². The molecular weight excluding hydrogens is 248 g/mol. The Kier molecular flexibility index (Phi) is 4.15. The van der Waals surface area contributed by atoms with Gasteiger partial charge in [-0.05, 0) is 18.6 Å². The number of halogens is 1. The fraction of sp³-hybridized carbons (Fsp3) is 0.286. The lowest BCUT2D eigenvalue weighted by Gasteiger charge is -2.06. The van der Waals surface area contributed by atoms with Gasteiger partial charge in [0.25, 0.3) is 5.91 Å². The first-order valence-corrected chi connectivity index (χ1v) is 6.43. The molecule has 1 aromatic heterocycles. The predicted octanol–water partition coefficient (Wildman–Crippen LogP) is 3.42. The number of aromatic nitrogens is 1. The number of rotatable bonds is 4. The molecule has 3 nitrogen and oxygen atoms in total. The van der Waals surface area contributed by atoms with Crippen molar-refractivity contribution in [3.05, 3.63) is 41.0 Å². The highest BCUT2D eigenvalue weighted by Gasteiger charge is 2.10. The van der Waals surface area contributed by atoms with Gasteiger partial charge < -0.3 is 5.32 Å². The van der Waals surface area contributed by atoms with E-state index in [2.05, 4.69) is 17.2 Å². The van der Waals surface area contributed by atoms with Crippen LogP contribution in [0.3, 0.4) is 0 Å². The third kappa shape index (κ3) is 2.79. The minimum absolute atomic E-state index is 0.170. The van der Waals surface area contributed by atoms with Gasteiger partial charge in [-0.25, -0.2) is 4.98 Å². The zero-order valence-electron chi connectivity index (χ0n) is 10.2. The second kappa shape index (κ2) is 5.83. The van der Waals surface area contributed by atoms with Crippen molar-refractivity contribution in [2.45, 2.75) is 19.8 Å². The molecule has 0 aliphatic rings. The molecule has 0 bridgehead atoms. The summed E-state index contributed by atoms with van der Waals surface area (Å²) < 4.78 is 0. The summed E-state index contributed by atoms with van der Waals surface area (Å²) in [6, 6.07) is 9.14. The van der Waals surface area contributed by atoms with Crippen molar-refractivity contribution in [1.29, 1.82) is 0 Å². The zero-order chi connectivity index (χ0) is 13.0. The molecule has 0 aliphatic heterocycles. The molecular formula is C14H15ClN2O. The molecule has 1 aromatic carbocycles. The summed E-state index contributed by atoms with van der Waals surface area (Å²) >= 11 is 6.15. The van der Waals surface area contributed by atoms with E-state index in [1.807, 2.05) is 24.3 Å². The van der Waals surface area contributed by atoms with Crippen LogP contribution < -0.4 is 5.32 Å². The Balaban J connectivity index is 2.26. The van der Waals surface area contributed by atoms with Gasteiger partial charge in [-0.2, -0.15) is 0 Å². The van der Waals surface area contributed by atoms with E-state index in [0.717, 1.165) is 23.7 Å². The smallest absolute Gasteiger partial charge is 0.269 e. The average Bonchev–Trinajstić information content (AvgIpc) is 2.39. The first kappa shape index (κ1) is 12.8. The van der Waals surface area contributed by atoms with Crippen molar-refractivity contribution in [3.8, 4) is 0 Å². The van der Waals surface area contributed by atoms with Crippen LogP contribution in [0.5, 0.6) is 0 Å². The molecule has 0 saturated heterocycles. The van der Waals surface area contributed by atoms with Crippen molar-refractivity contribution in [2.75, 3.05) is 6.54 Å². The summed E-state index contributed by atoms with van der Waals surface area (Å²) in [6.07, 6.45) is 2.01. The lowest BCUT2D eigenvalue weighted by atomic mass is 10.2. The average molecular weight is 263 g/mol. The van der Waals surface area contributed by atoms with E-state index < -0.39 is 0 Å². The van der Waals surface area contributed by atoms with Crippen LogP contribution in [0.2, 0.25) is 5.02 Å². The van der Waals surface area contributed by atoms with Crippen LogP contribution in [0.4, 0.5) is 0 Å². The van der Waals surface area contributed by atoms with Crippen molar-refractivity contribution < 1.29 is 4.79 Å². The quantitative estimate of drug-likeness (QED) is 0.858. The largest absolute Gasteiger partial charge is 0.351 e. The highest BCUT2D eigenvalue weighted by atomic mass is 35.5. The lowest BCUT2D eigenvalue weighted by Crippen LogP contribution is -2.25. The van der Waals surface area contributed by atoms with Gasteiger partial charge in [0, 0.05) is 11.9 Å². The molecule has 18 heavy (non-hydrogen) atoms. The maximum atomic E-state index is 11.9. The molecule has 0 atom stereocenters. The van der Waals surface area contributed by atoms with Gasteiger partial charge in [-0.15, -0.1) is 0 Å². The van der Waals surface area contributed by atoms with Crippen molar-refractivity contribution >= 4 is 28.4 Å². The predicted molar refractivity (Wildman–Crippen MR) is 74.0 cm³/mol. The lowest BCUT2D eigenvalue weighted by molar-refractivity contribution is 0.0948. The number of unbranched alkanes of at least 4 members (excludes halogenated alkanes) is 1. The van der Waals surface area contributed by atoms with Gasteiger partial charge in [0.15, 0.2) is 0 Å². The van der Waals surface area contributed by atoms with Gasteiger partial charge in [-0.3, -0.25) is 4.79 Å². The molecule has 4 heteroatoms. The van der Waals surface area contributed by atoms with E-state index in [0.29, 0.717) is 17.3 Å². The summed E-state index contributed by atoms with van der Waals surface area (Å²) in [7, 11) is 0. The second-order valence-corrected chi connectivity index (χ2v) is 4.52. The highest BCUT2D eigenvalue weighted by molar-refractivity contribution is 6.35. The molecule has 1 N–H and O–H groups in total. The Hall–Kier alpha value is -1.61. The number of nitrogens with zero attached hydrogens (tertiary/aromatic N) is 1. The molecule has 2 rings (SSSR count). The molecule has 2 aromatic rings. The summed E-state index contributed by atoms with van der Waals surface area (Å²) in [5.41, 5.74) is 1.11. The maximum absolute atomic E-state index is 11.9. The fourth-order valence-electron chi connectivity index (χ4n) is 1.72. The number of nitrogens with one attached hydrogen (secondary N) is 1. The summed E-state index contributed by atoms with van der Waals surface area (Å²) in [5, 5.41) is 4.25. The Morgan fingerprint density at radius 2 is 2.17 bits per heavy atom. The molecule has 94 valence electrons. The minimum Gasteiger partial charge on any atom is -0.351 e. The van der Waals surface area contributed by atoms with Crippen LogP contribution in [0.25, 0.3) is 10.9 Å². The summed E-state index contributed by atoms with van der Waals surface area (Å²) in [6.45, 7) is 2.75. The van der Waals surface area contributed by atoms with Crippen molar-refractivity contribution in [2.24, 2.45) is 0 Å². The SMILES string of the molecule is CCCCNC(=O)c1cc(Cl)c2ccccc2n1. The number of pyridine rings is 1. The number of amides is 1. The molecule has 0 spiro atoms. The van der Waals surface area contributed by atoms with Crippen LogP contribution in [0.1, 0.15) is 30.3 Å². The molecule has 0 saturated carbocycles. The first-order valence-electron chi connectivity index (χ1n) is 6.06. The van der Waals surface area contributed by atoms with E-state index >= 15 is 0 Å². The Bertz CT molecular complexity index is 569. The third-order valence-corrected chi connectivity index (χ3v) is 3.03. The molecule has 0 fully saturated rings. The number of fused-ring (bicyclic) bond motifs is 1. The Morgan fingerprint density at radius 3 is 2.94 bits per heavy atom. The number of benzene rings is 1. The summed E-state index contributed by atoms with van der Waals surface area (Å²) in [4.78, 5) is 16.2. The number of para-hydroxylation sites is 1. The maximum Gasteiger partial charge on any atom is 0.269 e. The molecule has 1 heterocycles. The molecule has 0 radical (unpaired) electrons. The number of hydrogen-bond donors (Lipinski definition) is 1. The van der Waals surface area contributed by atoms with E-state index in [4.69, 9.17) is 11.6 Å². The van der Waals surface area contributed by atoms with Crippen LogP contribution in [-0.2, 0) is 0 Å². The fourth-order valence-corrected chi connectivity index (χ4v) is 1.98. The van der Waals surface area contributed by atoms with Crippen molar-refractivity contribution in [3.63, 3.8) is 0 Å². The Morgan fingerprint density at radius 1 is 1.39 bits per heavy atom. The third-order valence-electron chi connectivity index (χ3n) is 2.71. The summed E-state index contributed by atoms with van der Waals surface area (Å²) in [5.74, 6) is -0.170. The van der Waals surface area contributed by atoms with Crippen LogP contribution >= 0.6 is 11.6 Å². The van der Waals surface area contributed by atoms with Crippen LogP contribution in [-0.4, -0.2) is 17.4 Å². The van der Waals surface area contributed by atoms with Crippen LogP contribution in [0.15, 0.2) is 30.3 Å². The number of carbonyl (C=O) groups is 1. The first-order chi connectivity index (χ1) is 8.72. The monoisotopic (exact) mass is 262 g/mol. The molecule has 1 amide bonds. The topological polar surface area (TPSA) is 42.0 Å². The normalized spacial score (nSPS) is 10.6. The van der Waals surface area contributed by atoms with Gasteiger partial charge in [-0.1, -0.05) is 43.1 Å². The highest BCUT2D eigenvalue weighted by Crippen LogP contribution is 2.22. The zero-order valence-corrected chi connectivity index (χ0v) is 11.0. The van der Waals surface area contributed by atoms with Gasteiger partial charge in [0.1, 0.15) is 5.69 Å². The minimum atomic E-state index is -0.170. The second-order valence-electron chi connectivity index (χ2n) is 4.12. The van der Waals surface area contributed by atoms with E-state index in [-0.39, 0.29) is 5.91 Å². The Labute approximate surface area is 111 Å². The van der Waals surface area contributed by atoms with Gasteiger partial charge in [0.05, 0.1) is 10.5 Å². The van der Waals surface area contributed by atoms with E-state index in [9.17, 15) is 4.79 Å². The standard InChI is InChI=1S/C14H15ClN2O/c1-2-3-8-16-14(18)13-9-11(15)10-6-4-5-7-12(10)17-13/h4-7,9H,2-3,8H2,1H3,(H,16,18). The van der Waals surface area contributed by atoms with Crippen LogP contribution in [0, 0.1) is 0 Å². The number of carbonyl (C=O) groups excluding carboxylic acids is 1.